The Labute approximate surface area is 114 Å². The van der Waals surface area contributed by atoms with E-state index in [1.54, 1.807) is 6.20 Å². The van der Waals surface area contributed by atoms with Crippen molar-refractivity contribution in [3.05, 3.63) is 59.4 Å². The van der Waals surface area contributed by atoms with Gasteiger partial charge < -0.3 is 10.5 Å². The summed E-state index contributed by atoms with van der Waals surface area (Å²) in [6.45, 7) is 4.82. The number of hydrogen-bond acceptors (Lipinski definition) is 3. The number of nitrogens with two attached hydrogens (primary N) is 1. The largest absolute Gasteiger partial charge is 0.494 e. The maximum atomic E-state index is 6.29. The van der Waals surface area contributed by atoms with E-state index in [1.807, 2.05) is 43.3 Å². The number of ether oxygens (including phenoxy) is 1. The Hall–Kier alpha value is -1.87. The van der Waals surface area contributed by atoms with Crippen LogP contribution in [0.1, 0.15) is 36.2 Å². The Morgan fingerprint density at radius 2 is 1.95 bits per heavy atom. The predicted molar refractivity (Wildman–Crippen MR) is 77.2 cm³/mol. The van der Waals surface area contributed by atoms with Crippen molar-refractivity contribution in [3.63, 3.8) is 0 Å². The highest BCUT2D eigenvalue weighted by Crippen LogP contribution is 2.23. The molecule has 3 nitrogen and oxygen atoms in total. The summed E-state index contributed by atoms with van der Waals surface area (Å²) in [7, 11) is 0. The number of rotatable bonds is 5. The Bertz CT molecular complexity index is 523. The van der Waals surface area contributed by atoms with E-state index in [4.69, 9.17) is 10.5 Å². The van der Waals surface area contributed by atoms with Gasteiger partial charge in [-0.25, -0.2) is 0 Å². The summed E-state index contributed by atoms with van der Waals surface area (Å²) in [6.07, 6.45) is 2.80. The molecule has 2 aromatic rings. The number of pyridine rings is 1. The first-order valence-electron chi connectivity index (χ1n) is 6.62. The van der Waals surface area contributed by atoms with E-state index >= 15 is 0 Å². The maximum absolute atomic E-state index is 6.29. The summed E-state index contributed by atoms with van der Waals surface area (Å²) < 4.78 is 5.57. The first kappa shape index (κ1) is 13.6. The predicted octanol–water partition coefficient (Wildman–Crippen LogP) is 3.23. The van der Waals surface area contributed by atoms with Crippen molar-refractivity contribution in [3.8, 4) is 5.75 Å². The van der Waals surface area contributed by atoms with Crippen LogP contribution in [0.25, 0.3) is 0 Å². The molecule has 2 rings (SSSR count). The van der Waals surface area contributed by atoms with E-state index in [1.165, 1.54) is 0 Å². The Balaban J connectivity index is 2.16. The van der Waals surface area contributed by atoms with Crippen molar-refractivity contribution in [2.75, 3.05) is 6.61 Å². The molecule has 19 heavy (non-hydrogen) atoms. The molecule has 1 atom stereocenters. The minimum atomic E-state index is -0.145. The topological polar surface area (TPSA) is 48.1 Å². The minimum absolute atomic E-state index is 0.145. The highest BCUT2D eigenvalue weighted by Gasteiger charge is 2.11. The van der Waals surface area contributed by atoms with Crippen LogP contribution in [0, 0.1) is 6.92 Å². The third-order valence-corrected chi connectivity index (χ3v) is 3.09. The van der Waals surface area contributed by atoms with Crippen LogP contribution in [0.15, 0.2) is 42.6 Å². The highest BCUT2D eigenvalue weighted by atomic mass is 16.5. The zero-order chi connectivity index (χ0) is 13.7. The zero-order valence-electron chi connectivity index (χ0n) is 11.5. The van der Waals surface area contributed by atoms with Gasteiger partial charge in [-0.1, -0.05) is 25.1 Å². The van der Waals surface area contributed by atoms with Crippen LogP contribution in [0.2, 0.25) is 0 Å². The number of nitrogens with zero attached hydrogens (tertiary/aromatic N) is 1. The van der Waals surface area contributed by atoms with Crippen molar-refractivity contribution in [2.45, 2.75) is 26.3 Å². The van der Waals surface area contributed by atoms with Crippen LogP contribution in [0.3, 0.4) is 0 Å². The number of aryl methyl sites for hydroxylation is 1. The van der Waals surface area contributed by atoms with Crippen molar-refractivity contribution in [2.24, 2.45) is 5.73 Å². The van der Waals surface area contributed by atoms with Gasteiger partial charge in [-0.2, -0.15) is 0 Å². The van der Waals surface area contributed by atoms with E-state index in [9.17, 15) is 0 Å². The molecule has 0 saturated heterocycles. The molecule has 1 aromatic heterocycles. The van der Waals surface area contributed by atoms with Crippen LogP contribution in [-0.4, -0.2) is 11.6 Å². The summed E-state index contributed by atoms with van der Waals surface area (Å²) in [6, 6.07) is 11.8. The van der Waals surface area contributed by atoms with Crippen molar-refractivity contribution in [1.82, 2.24) is 4.98 Å². The normalized spacial score (nSPS) is 12.2. The van der Waals surface area contributed by atoms with Crippen LogP contribution in [0.5, 0.6) is 5.75 Å². The van der Waals surface area contributed by atoms with Gasteiger partial charge in [0.1, 0.15) is 5.75 Å². The van der Waals surface area contributed by atoms with Gasteiger partial charge in [0.05, 0.1) is 12.6 Å². The highest BCUT2D eigenvalue weighted by molar-refractivity contribution is 5.36. The van der Waals surface area contributed by atoms with Gasteiger partial charge >= 0.3 is 0 Å². The summed E-state index contributed by atoms with van der Waals surface area (Å²) in [4.78, 5) is 4.28. The number of hydrogen-bond donors (Lipinski definition) is 1. The second kappa shape index (κ2) is 6.34. The van der Waals surface area contributed by atoms with Gasteiger partial charge in [0.2, 0.25) is 0 Å². The van der Waals surface area contributed by atoms with Gasteiger partial charge in [0, 0.05) is 11.9 Å². The van der Waals surface area contributed by atoms with Crippen molar-refractivity contribution in [1.29, 1.82) is 0 Å². The van der Waals surface area contributed by atoms with Gasteiger partial charge in [-0.05, 0) is 42.7 Å². The molecule has 1 heterocycles. The third kappa shape index (κ3) is 3.32. The van der Waals surface area contributed by atoms with Gasteiger partial charge in [-0.15, -0.1) is 0 Å². The minimum Gasteiger partial charge on any atom is -0.494 e. The van der Waals surface area contributed by atoms with Gasteiger partial charge in [0.15, 0.2) is 0 Å². The van der Waals surface area contributed by atoms with Crippen LogP contribution in [-0.2, 0) is 0 Å². The monoisotopic (exact) mass is 256 g/mol. The average molecular weight is 256 g/mol. The molecule has 0 aliphatic heterocycles. The lowest BCUT2D eigenvalue weighted by Crippen LogP contribution is -2.13. The smallest absolute Gasteiger partial charge is 0.119 e. The molecule has 0 radical (unpaired) electrons. The van der Waals surface area contributed by atoms with E-state index in [-0.39, 0.29) is 6.04 Å². The standard InChI is InChI=1S/C16H20N2O/c1-3-11-19-14-8-6-13(7-9-14)16(17)15-5-4-10-18-12(15)2/h4-10,16H,3,11,17H2,1-2H3. The lowest BCUT2D eigenvalue weighted by molar-refractivity contribution is 0.317. The van der Waals surface area contributed by atoms with Gasteiger partial charge in [-0.3, -0.25) is 4.98 Å². The fraction of sp³-hybridized carbons (Fsp3) is 0.312. The summed E-state index contributed by atoms with van der Waals surface area (Å²) in [5.74, 6) is 0.890. The van der Waals surface area contributed by atoms with Crippen LogP contribution < -0.4 is 10.5 Å². The van der Waals surface area contributed by atoms with E-state index in [0.29, 0.717) is 0 Å². The second-order valence-electron chi connectivity index (χ2n) is 4.57. The average Bonchev–Trinajstić information content (AvgIpc) is 2.45. The second-order valence-corrected chi connectivity index (χ2v) is 4.57. The molecular formula is C16H20N2O. The molecule has 0 fully saturated rings. The molecule has 0 saturated carbocycles. The lowest BCUT2D eigenvalue weighted by Gasteiger charge is -2.15. The molecule has 2 N–H and O–H groups in total. The van der Waals surface area contributed by atoms with E-state index in [0.717, 1.165) is 35.6 Å². The summed E-state index contributed by atoms with van der Waals surface area (Å²) in [5.41, 5.74) is 9.39. The maximum Gasteiger partial charge on any atom is 0.119 e. The third-order valence-electron chi connectivity index (χ3n) is 3.09. The molecule has 0 aliphatic carbocycles. The van der Waals surface area contributed by atoms with Gasteiger partial charge in [0.25, 0.3) is 0 Å². The Kier molecular flexibility index (Phi) is 4.53. The molecule has 3 heteroatoms. The summed E-state index contributed by atoms with van der Waals surface area (Å²) >= 11 is 0. The molecule has 1 aromatic carbocycles. The Morgan fingerprint density at radius 3 is 2.58 bits per heavy atom. The molecule has 0 spiro atoms. The van der Waals surface area contributed by atoms with Crippen LogP contribution in [0.4, 0.5) is 0 Å². The first-order valence-corrected chi connectivity index (χ1v) is 6.62. The quantitative estimate of drug-likeness (QED) is 0.893. The first-order chi connectivity index (χ1) is 9.22. The van der Waals surface area contributed by atoms with Crippen molar-refractivity contribution >= 4 is 0 Å². The molecule has 0 amide bonds. The van der Waals surface area contributed by atoms with E-state index in [2.05, 4.69) is 11.9 Å². The number of aromatic nitrogens is 1. The molecule has 0 bridgehead atoms. The molecule has 100 valence electrons. The van der Waals surface area contributed by atoms with E-state index < -0.39 is 0 Å². The zero-order valence-corrected chi connectivity index (χ0v) is 11.5. The van der Waals surface area contributed by atoms with Crippen LogP contribution >= 0.6 is 0 Å². The number of benzene rings is 1. The fourth-order valence-electron chi connectivity index (χ4n) is 2.00. The summed E-state index contributed by atoms with van der Waals surface area (Å²) in [5, 5.41) is 0. The molecule has 0 aliphatic rings. The SMILES string of the molecule is CCCOc1ccc(C(N)c2cccnc2C)cc1. The Morgan fingerprint density at radius 1 is 1.21 bits per heavy atom. The lowest BCUT2D eigenvalue weighted by atomic mass is 9.98. The molecular weight excluding hydrogens is 236 g/mol. The molecule has 1 unspecified atom stereocenters. The fourth-order valence-corrected chi connectivity index (χ4v) is 2.00. The van der Waals surface area contributed by atoms with Crippen molar-refractivity contribution < 1.29 is 4.74 Å².